The highest BCUT2D eigenvalue weighted by atomic mass is 14.5. The largest absolute Gasteiger partial charge is 0.326 e. The number of nitrogens with zero attached hydrogens (tertiary/aromatic N) is 1. The van der Waals surface area contributed by atoms with Gasteiger partial charge < -0.3 is 5.73 Å². The van der Waals surface area contributed by atoms with E-state index in [1.807, 2.05) is 12.1 Å². The third-order valence-electron chi connectivity index (χ3n) is 2.16. The summed E-state index contributed by atoms with van der Waals surface area (Å²) in [7, 11) is 0. The van der Waals surface area contributed by atoms with E-state index in [0.717, 1.165) is 12.0 Å². The van der Waals surface area contributed by atoms with Gasteiger partial charge in [-0.2, -0.15) is 5.26 Å². The van der Waals surface area contributed by atoms with Gasteiger partial charge >= 0.3 is 0 Å². The lowest BCUT2D eigenvalue weighted by atomic mass is 9.98. The van der Waals surface area contributed by atoms with Crippen LogP contribution in [-0.4, -0.2) is 0 Å². The molecule has 0 bridgehead atoms. The van der Waals surface area contributed by atoms with Crippen molar-refractivity contribution in [2.24, 2.45) is 11.7 Å². The monoisotopic (exact) mass is 188 g/mol. The van der Waals surface area contributed by atoms with Crippen LogP contribution in [0, 0.1) is 17.2 Å². The van der Waals surface area contributed by atoms with Crippen molar-refractivity contribution in [3.63, 3.8) is 0 Å². The van der Waals surface area contributed by atoms with Crippen LogP contribution in [-0.2, 0) is 13.0 Å². The molecule has 0 aliphatic heterocycles. The van der Waals surface area contributed by atoms with E-state index in [2.05, 4.69) is 26.0 Å². The predicted molar refractivity (Wildman–Crippen MR) is 57.6 cm³/mol. The maximum Gasteiger partial charge on any atom is 0.0995 e. The second-order valence-electron chi connectivity index (χ2n) is 3.91. The number of hydrogen-bond acceptors (Lipinski definition) is 2. The minimum absolute atomic E-state index is 0.435. The number of nitriles is 1. The van der Waals surface area contributed by atoms with Crippen LogP contribution in [0.4, 0.5) is 0 Å². The Morgan fingerprint density at radius 2 is 2.14 bits per heavy atom. The Bertz CT molecular complexity index is 348. The summed E-state index contributed by atoms with van der Waals surface area (Å²) in [5.74, 6) is 0.616. The predicted octanol–water partition coefficient (Wildman–Crippen LogP) is 2.22. The van der Waals surface area contributed by atoms with Crippen molar-refractivity contribution >= 4 is 0 Å². The van der Waals surface area contributed by atoms with Gasteiger partial charge in [0, 0.05) is 6.54 Å². The van der Waals surface area contributed by atoms with E-state index in [0.29, 0.717) is 18.0 Å². The Kier molecular flexibility index (Phi) is 3.67. The molecule has 2 heteroatoms. The zero-order chi connectivity index (χ0) is 10.6. The van der Waals surface area contributed by atoms with Gasteiger partial charge in [0.1, 0.15) is 0 Å². The van der Waals surface area contributed by atoms with Crippen LogP contribution >= 0.6 is 0 Å². The number of hydrogen-bond donors (Lipinski definition) is 1. The minimum Gasteiger partial charge on any atom is -0.326 e. The molecule has 1 aromatic rings. The Hall–Kier alpha value is -1.33. The van der Waals surface area contributed by atoms with Crippen molar-refractivity contribution in [2.75, 3.05) is 0 Å². The second kappa shape index (κ2) is 4.78. The molecule has 0 spiro atoms. The lowest BCUT2D eigenvalue weighted by Crippen LogP contribution is -2.01. The van der Waals surface area contributed by atoms with Gasteiger partial charge in [0.15, 0.2) is 0 Å². The standard InChI is InChI=1S/C12H16N2/c1-9(2)5-10-3-4-11(7-13)12(6-10)8-14/h3-4,6,9H,5,7,13H2,1-2H3. The first-order valence-corrected chi connectivity index (χ1v) is 4.89. The molecule has 2 nitrogen and oxygen atoms in total. The minimum atomic E-state index is 0.435. The molecule has 0 aliphatic rings. The molecule has 74 valence electrons. The van der Waals surface area contributed by atoms with Gasteiger partial charge in [-0.25, -0.2) is 0 Å². The molecular formula is C12H16N2. The van der Waals surface area contributed by atoms with E-state index in [1.165, 1.54) is 5.56 Å². The number of rotatable bonds is 3. The first kappa shape index (κ1) is 10.7. The number of benzene rings is 1. The fraction of sp³-hybridized carbons (Fsp3) is 0.417. The molecule has 2 N–H and O–H groups in total. The highest BCUT2D eigenvalue weighted by molar-refractivity contribution is 5.40. The first-order valence-electron chi connectivity index (χ1n) is 4.89. The lowest BCUT2D eigenvalue weighted by molar-refractivity contribution is 0.647. The summed E-state index contributed by atoms with van der Waals surface area (Å²) in [5.41, 5.74) is 8.39. The Morgan fingerprint density at radius 1 is 1.43 bits per heavy atom. The quantitative estimate of drug-likeness (QED) is 0.790. The van der Waals surface area contributed by atoms with Crippen LogP contribution in [0.15, 0.2) is 18.2 Å². The number of nitrogens with two attached hydrogens (primary N) is 1. The second-order valence-corrected chi connectivity index (χ2v) is 3.91. The van der Waals surface area contributed by atoms with Crippen molar-refractivity contribution in [2.45, 2.75) is 26.8 Å². The highest BCUT2D eigenvalue weighted by Crippen LogP contribution is 2.14. The van der Waals surface area contributed by atoms with Gasteiger partial charge in [0.2, 0.25) is 0 Å². The van der Waals surface area contributed by atoms with E-state index >= 15 is 0 Å². The van der Waals surface area contributed by atoms with Crippen molar-refractivity contribution < 1.29 is 0 Å². The van der Waals surface area contributed by atoms with Crippen molar-refractivity contribution in [1.82, 2.24) is 0 Å². The van der Waals surface area contributed by atoms with Crippen molar-refractivity contribution in [1.29, 1.82) is 5.26 Å². The Morgan fingerprint density at radius 3 is 2.64 bits per heavy atom. The molecule has 0 radical (unpaired) electrons. The molecule has 0 heterocycles. The van der Waals surface area contributed by atoms with Crippen molar-refractivity contribution in [3.8, 4) is 6.07 Å². The molecule has 0 saturated carbocycles. The van der Waals surface area contributed by atoms with Crippen molar-refractivity contribution in [3.05, 3.63) is 34.9 Å². The molecule has 0 aromatic heterocycles. The SMILES string of the molecule is CC(C)Cc1ccc(CN)c(C#N)c1. The summed E-state index contributed by atoms with van der Waals surface area (Å²) >= 11 is 0. The summed E-state index contributed by atoms with van der Waals surface area (Å²) < 4.78 is 0. The average Bonchev–Trinajstić information content (AvgIpc) is 2.16. The summed E-state index contributed by atoms with van der Waals surface area (Å²) in [6.45, 7) is 4.77. The van der Waals surface area contributed by atoms with Crippen LogP contribution in [0.1, 0.15) is 30.5 Å². The van der Waals surface area contributed by atoms with Gasteiger partial charge in [-0.1, -0.05) is 26.0 Å². The van der Waals surface area contributed by atoms with Gasteiger partial charge in [-0.3, -0.25) is 0 Å². The van der Waals surface area contributed by atoms with Crippen LogP contribution in [0.2, 0.25) is 0 Å². The van der Waals surface area contributed by atoms with Crippen LogP contribution in [0.5, 0.6) is 0 Å². The van der Waals surface area contributed by atoms with Crippen LogP contribution < -0.4 is 5.73 Å². The smallest absolute Gasteiger partial charge is 0.0995 e. The third kappa shape index (κ3) is 2.58. The molecule has 1 rings (SSSR count). The van der Waals surface area contributed by atoms with E-state index in [1.54, 1.807) is 0 Å². The van der Waals surface area contributed by atoms with Gasteiger partial charge in [0.05, 0.1) is 11.6 Å². The molecule has 1 aromatic carbocycles. The first-order chi connectivity index (χ1) is 6.67. The maximum atomic E-state index is 8.90. The maximum absolute atomic E-state index is 8.90. The molecule has 0 saturated heterocycles. The molecule has 14 heavy (non-hydrogen) atoms. The van der Waals surface area contributed by atoms with E-state index in [9.17, 15) is 0 Å². The molecule has 0 fully saturated rings. The summed E-state index contributed by atoms with van der Waals surface area (Å²) in [5, 5.41) is 8.90. The topological polar surface area (TPSA) is 49.8 Å². The molecule has 0 aliphatic carbocycles. The highest BCUT2D eigenvalue weighted by Gasteiger charge is 2.03. The summed E-state index contributed by atoms with van der Waals surface area (Å²) in [6, 6.07) is 8.14. The van der Waals surface area contributed by atoms with E-state index in [-0.39, 0.29) is 0 Å². The fourth-order valence-electron chi connectivity index (χ4n) is 1.50. The average molecular weight is 188 g/mol. The fourth-order valence-corrected chi connectivity index (χ4v) is 1.50. The lowest BCUT2D eigenvalue weighted by Gasteiger charge is -2.07. The Labute approximate surface area is 85.4 Å². The van der Waals surface area contributed by atoms with Crippen LogP contribution in [0.3, 0.4) is 0 Å². The van der Waals surface area contributed by atoms with Gasteiger partial charge in [-0.05, 0) is 29.5 Å². The van der Waals surface area contributed by atoms with Gasteiger partial charge in [0.25, 0.3) is 0 Å². The summed E-state index contributed by atoms with van der Waals surface area (Å²) in [6.07, 6.45) is 1.01. The van der Waals surface area contributed by atoms with Gasteiger partial charge in [-0.15, -0.1) is 0 Å². The molecule has 0 unspecified atom stereocenters. The van der Waals surface area contributed by atoms with E-state index in [4.69, 9.17) is 11.0 Å². The van der Waals surface area contributed by atoms with E-state index < -0.39 is 0 Å². The van der Waals surface area contributed by atoms with Crippen LogP contribution in [0.25, 0.3) is 0 Å². The Balaban J connectivity index is 2.97. The molecular weight excluding hydrogens is 172 g/mol. The normalized spacial score (nSPS) is 10.2. The molecule has 0 amide bonds. The molecule has 0 atom stereocenters. The summed E-state index contributed by atoms with van der Waals surface area (Å²) in [4.78, 5) is 0. The zero-order valence-corrected chi connectivity index (χ0v) is 8.75. The third-order valence-corrected chi connectivity index (χ3v) is 2.16. The zero-order valence-electron chi connectivity index (χ0n) is 8.75.